The molecule has 0 unspecified atom stereocenters. The molecule has 0 aromatic heterocycles. The van der Waals surface area contributed by atoms with E-state index in [0.29, 0.717) is 19.0 Å². The molecule has 1 saturated carbocycles. The predicted molar refractivity (Wildman–Crippen MR) is 93.2 cm³/mol. The van der Waals surface area contributed by atoms with Crippen molar-refractivity contribution in [3.05, 3.63) is 35.9 Å². The van der Waals surface area contributed by atoms with Gasteiger partial charge in [0.15, 0.2) is 0 Å². The monoisotopic (exact) mass is 325 g/mol. The van der Waals surface area contributed by atoms with Crippen LogP contribution in [0.25, 0.3) is 0 Å². The molecular weight excluding hydrogens is 298 g/mol. The average molecular weight is 326 g/mol. The lowest BCUT2D eigenvalue weighted by molar-refractivity contribution is -0.122. The minimum Gasteiger partial charge on any atom is -0.355 e. The first-order chi connectivity index (χ1) is 10.3. The minimum absolute atomic E-state index is 0. The van der Waals surface area contributed by atoms with E-state index in [2.05, 4.69) is 22.3 Å². The Balaban J connectivity index is 0.00000242. The second-order valence-electron chi connectivity index (χ2n) is 5.90. The van der Waals surface area contributed by atoms with Gasteiger partial charge in [0, 0.05) is 26.2 Å². The summed E-state index contributed by atoms with van der Waals surface area (Å²) >= 11 is 0. The lowest BCUT2D eigenvalue weighted by Gasteiger charge is -2.26. The van der Waals surface area contributed by atoms with Crippen LogP contribution in [0.4, 0.5) is 0 Å². The highest BCUT2D eigenvalue weighted by Crippen LogP contribution is 2.25. The van der Waals surface area contributed by atoms with Crippen molar-refractivity contribution in [1.29, 1.82) is 0 Å². The van der Waals surface area contributed by atoms with E-state index in [-0.39, 0.29) is 18.3 Å². The van der Waals surface area contributed by atoms with Crippen molar-refractivity contribution in [1.82, 2.24) is 10.2 Å². The second-order valence-corrected chi connectivity index (χ2v) is 5.90. The van der Waals surface area contributed by atoms with Crippen LogP contribution in [0, 0.1) is 5.92 Å². The number of nitrogens with one attached hydrogen (secondary N) is 1. The van der Waals surface area contributed by atoms with Gasteiger partial charge in [-0.05, 0) is 30.7 Å². The number of nitrogens with zero attached hydrogens (tertiary/aromatic N) is 1. The number of rotatable bonds is 9. The Kier molecular flexibility index (Phi) is 9.13. The molecule has 1 aromatic rings. The third-order valence-electron chi connectivity index (χ3n) is 4.18. The van der Waals surface area contributed by atoms with Crippen LogP contribution in [0.15, 0.2) is 30.3 Å². The molecule has 1 aliphatic carbocycles. The molecule has 1 aliphatic rings. The molecule has 22 heavy (non-hydrogen) atoms. The van der Waals surface area contributed by atoms with Crippen molar-refractivity contribution >= 4 is 18.3 Å². The fraction of sp³-hybridized carbons (Fsp3) is 0.588. The predicted octanol–water partition coefficient (Wildman–Crippen LogP) is 1.83. The van der Waals surface area contributed by atoms with Crippen molar-refractivity contribution in [2.24, 2.45) is 11.7 Å². The zero-order chi connectivity index (χ0) is 14.9. The van der Waals surface area contributed by atoms with E-state index in [9.17, 15) is 4.79 Å². The van der Waals surface area contributed by atoms with Gasteiger partial charge in [0.2, 0.25) is 5.91 Å². The Bertz CT molecular complexity index is 423. The number of carbonyl (C=O) groups excluding carboxylic acids is 1. The number of hydrogen-bond acceptors (Lipinski definition) is 3. The molecule has 0 heterocycles. The first-order valence-corrected chi connectivity index (χ1v) is 8.01. The first kappa shape index (κ1) is 18.9. The van der Waals surface area contributed by atoms with Crippen molar-refractivity contribution in [2.75, 3.05) is 32.7 Å². The van der Waals surface area contributed by atoms with Gasteiger partial charge in [-0.2, -0.15) is 0 Å². The largest absolute Gasteiger partial charge is 0.355 e. The molecule has 124 valence electrons. The van der Waals surface area contributed by atoms with Gasteiger partial charge >= 0.3 is 0 Å². The maximum Gasteiger partial charge on any atom is 0.234 e. The molecule has 0 radical (unpaired) electrons. The summed E-state index contributed by atoms with van der Waals surface area (Å²) in [6, 6.07) is 10.4. The highest BCUT2D eigenvalue weighted by atomic mass is 35.5. The summed E-state index contributed by atoms with van der Waals surface area (Å²) in [5.41, 5.74) is 6.95. The molecule has 5 heteroatoms. The van der Waals surface area contributed by atoms with Crippen molar-refractivity contribution in [2.45, 2.75) is 25.7 Å². The maximum absolute atomic E-state index is 12.0. The molecule has 1 fully saturated rings. The molecule has 0 spiro atoms. The van der Waals surface area contributed by atoms with Crippen LogP contribution in [-0.4, -0.2) is 43.5 Å². The standard InChI is InChI=1S/C17H27N3O.ClH/c18-10-12-20(11-9-15-5-2-1-3-6-15)14-17(21)19-13-16-7-4-8-16;/h1-3,5-6,16H,4,7-14,18H2,(H,19,21);1H. The van der Waals surface area contributed by atoms with Crippen LogP contribution in [0.3, 0.4) is 0 Å². The Morgan fingerprint density at radius 3 is 2.55 bits per heavy atom. The van der Waals surface area contributed by atoms with Gasteiger partial charge in [0.25, 0.3) is 0 Å². The van der Waals surface area contributed by atoms with Crippen LogP contribution in [0.1, 0.15) is 24.8 Å². The highest BCUT2D eigenvalue weighted by Gasteiger charge is 2.18. The van der Waals surface area contributed by atoms with Crippen LogP contribution in [0.2, 0.25) is 0 Å². The second kappa shape index (κ2) is 10.6. The van der Waals surface area contributed by atoms with Crippen LogP contribution >= 0.6 is 12.4 Å². The first-order valence-electron chi connectivity index (χ1n) is 8.01. The Morgan fingerprint density at radius 1 is 1.23 bits per heavy atom. The molecule has 0 atom stereocenters. The summed E-state index contributed by atoms with van der Waals surface area (Å²) in [6.07, 6.45) is 4.80. The molecule has 0 bridgehead atoms. The molecular formula is C17H28ClN3O. The molecule has 1 aromatic carbocycles. The summed E-state index contributed by atoms with van der Waals surface area (Å²) in [6.45, 7) is 3.52. The lowest BCUT2D eigenvalue weighted by Crippen LogP contribution is -2.42. The van der Waals surface area contributed by atoms with Gasteiger partial charge in [0.1, 0.15) is 0 Å². The van der Waals surface area contributed by atoms with Crippen molar-refractivity contribution in [3.8, 4) is 0 Å². The van der Waals surface area contributed by atoms with E-state index >= 15 is 0 Å². The molecule has 0 aliphatic heterocycles. The highest BCUT2D eigenvalue weighted by molar-refractivity contribution is 5.85. The van der Waals surface area contributed by atoms with E-state index in [1.165, 1.54) is 24.8 Å². The Labute approximate surface area is 139 Å². The van der Waals surface area contributed by atoms with Gasteiger partial charge in [-0.25, -0.2) is 0 Å². The zero-order valence-electron chi connectivity index (χ0n) is 13.2. The smallest absolute Gasteiger partial charge is 0.234 e. The van der Waals surface area contributed by atoms with Crippen molar-refractivity contribution < 1.29 is 4.79 Å². The maximum atomic E-state index is 12.0. The van der Waals surface area contributed by atoms with Crippen LogP contribution < -0.4 is 11.1 Å². The third kappa shape index (κ3) is 6.77. The number of amides is 1. The van der Waals surface area contributed by atoms with Crippen LogP contribution in [0.5, 0.6) is 0 Å². The normalized spacial score (nSPS) is 14.3. The van der Waals surface area contributed by atoms with Gasteiger partial charge < -0.3 is 11.1 Å². The number of carbonyl (C=O) groups is 1. The van der Waals surface area contributed by atoms with Gasteiger partial charge in [-0.15, -0.1) is 12.4 Å². The number of benzene rings is 1. The summed E-state index contributed by atoms with van der Waals surface area (Å²) in [5.74, 6) is 0.838. The van der Waals surface area contributed by atoms with E-state index in [1.54, 1.807) is 0 Å². The topological polar surface area (TPSA) is 58.4 Å². The summed E-state index contributed by atoms with van der Waals surface area (Å²) in [7, 11) is 0. The SMILES string of the molecule is Cl.NCCN(CCc1ccccc1)CC(=O)NCC1CCC1. The van der Waals surface area contributed by atoms with Crippen LogP contribution in [-0.2, 0) is 11.2 Å². The summed E-state index contributed by atoms with van der Waals surface area (Å²) < 4.78 is 0. The van der Waals surface area contributed by atoms with E-state index in [0.717, 1.165) is 26.1 Å². The molecule has 0 saturated heterocycles. The fourth-order valence-electron chi connectivity index (χ4n) is 2.60. The third-order valence-corrected chi connectivity index (χ3v) is 4.18. The summed E-state index contributed by atoms with van der Waals surface area (Å²) in [4.78, 5) is 14.1. The van der Waals surface area contributed by atoms with Gasteiger partial charge in [-0.1, -0.05) is 36.8 Å². The quantitative estimate of drug-likeness (QED) is 0.728. The molecule has 4 nitrogen and oxygen atoms in total. The summed E-state index contributed by atoms with van der Waals surface area (Å²) in [5, 5.41) is 3.05. The van der Waals surface area contributed by atoms with Crippen molar-refractivity contribution in [3.63, 3.8) is 0 Å². The number of nitrogens with two attached hydrogens (primary N) is 1. The van der Waals surface area contributed by atoms with E-state index < -0.39 is 0 Å². The lowest BCUT2D eigenvalue weighted by atomic mass is 9.85. The Morgan fingerprint density at radius 2 is 1.95 bits per heavy atom. The van der Waals surface area contributed by atoms with Gasteiger partial charge in [0.05, 0.1) is 6.54 Å². The Hall–Kier alpha value is -1.10. The number of hydrogen-bond donors (Lipinski definition) is 2. The van der Waals surface area contributed by atoms with E-state index in [1.807, 2.05) is 18.2 Å². The molecule has 1 amide bonds. The van der Waals surface area contributed by atoms with E-state index in [4.69, 9.17) is 5.73 Å². The van der Waals surface area contributed by atoms with Gasteiger partial charge in [-0.3, -0.25) is 9.69 Å². The minimum atomic E-state index is 0. The zero-order valence-corrected chi connectivity index (χ0v) is 14.0. The molecule has 2 rings (SSSR count). The average Bonchev–Trinajstić information content (AvgIpc) is 2.44. The number of halogens is 1. The fourth-order valence-corrected chi connectivity index (χ4v) is 2.60. The molecule has 3 N–H and O–H groups in total.